The summed E-state index contributed by atoms with van der Waals surface area (Å²) in [5.74, 6) is 0. The second-order valence-corrected chi connectivity index (χ2v) is 1.49. The molecule has 1 radical (unpaired) electrons. The number of aromatic nitrogens is 1. The van der Waals surface area contributed by atoms with E-state index in [-0.39, 0.29) is 0 Å². The van der Waals surface area contributed by atoms with Crippen LogP contribution in [0.5, 0.6) is 0 Å². The maximum Gasteiger partial charge on any atom is 0.469 e. The fraction of sp³-hybridized carbons (Fsp3) is 0. The summed E-state index contributed by atoms with van der Waals surface area (Å²) in [7, 11) is 0. The van der Waals surface area contributed by atoms with Crippen molar-refractivity contribution < 1.29 is 9.90 Å². The molecule has 0 saturated carbocycles. The lowest BCUT2D eigenvalue weighted by Crippen LogP contribution is -2.17. The largest absolute Gasteiger partial charge is 0.469 e. The molecule has 1 amide bonds. The van der Waals surface area contributed by atoms with Crippen LogP contribution in [0.15, 0.2) is 24.5 Å². The molecule has 0 aromatic carbocycles. The van der Waals surface area contributed by atoms with Gasteiger partial charge in [0.25, 0.3) is 0 Å². The molecule has 0 aliphatic carbocycles. The molecule has 4 heteroatoms. The zero-order valence-electron chi connectivity index (χ0n) is 4.57. The molecular weight excluding hydrogens is 120 g/mol. The van der Waals surface area contributed by atoms with Crippen molar-refractivity contribution in [1.82, 2.24) is 4.68 Å². The quantitative estimate of drug-likeness (QED) is 0.586. The van der Waals surface area contributed by atoms with E-state index in [1.54, 1.807) is 24.5 Å². The van der Waals surface area contributed by atoms with Gasteiger partial charge in [0.05, 0.1) is 0 Å². The van der Waals surface area contributed by atoms with Crippen LogP contribution < -0.4 is 5.43 Å². The lowest BCUT2D eigenvalue weighted by atomic mass is 10.7. The van der Waals surface area contributed by atoms with Crippen LogP contribution in [0.25, 0.3) is 0 Å². The van der Waals surface area contributed by atoms with Crippen LogP contribution in [-0.2, 0) is 5.11 Å². The minimum Gasteiger partial charge on any atom is -0.266 e. The standard InChI is InChI=1S/C5H5N2O2/c8-5(9)6-7-3-1-2-4-7/h1-4,6H. The minimum absolute atomic E-state index is 1.29. The Morgan fingerprint density at radius 2 is 1.89 bits per heavy atom. The van der Waals surface area contributed by atoms with Gasteiger partial charge in [0.1, 0.15) is 0 Å². The van der Waals surface area contributed by atoms with Gasteiger partial charge in [0.2, 0.25) is 0 Å². The van der Waals surface area contributed by atoms with Crippen molar-refractivity contribution in [2.45, 2.75) is 0 Å². The van der Waals surface area contributed by atoms with Crippen molar-refractivity contribution in [2.24, 2.45) is 0 Å². The van der Waals surface area contributed by atoms with Crippen molar-refractivity contribution in [3.63, 3.8) is 0 Å². The van der Waals surface area contributed by atoms with E-state index in [2.05, 4.69) is 0 Å². The van der Waals surface area contributed by atoms with Crippen LogP contribution in [0.1, 0.15) is 0 Å². The monoisotopic (exact) mass is 125 g/mol. The van der Waals surface area contributed by atoms with Crippen molar-refractivity contribution in [3.8, 4) is 0 Å². The third kappa shape index (κ3) is 1.49. The Hall–Kier alpha value is -1.45. The Morgan fingerprint density at radius 3 is 2.33 bits per heavy atom. The topological polar surface area (TPSA) is 53.9 Å². The predicted molar refractivity (Wildman–Crippen MR) is 29.9 cm³/mol. The molecule has 1 N–H and O–H groups in total. The number of hydrogen-bond donors (Lipinski definition) is 1. The third-order valence-electron chi connectivity index (χ3n) is 0.825. The van der Waals surface area contributed by atoms with Crippen LogP contribution in [0.3, 0.4) is 0 Å². The molecule has 0 atom stereocenters. The van der Waals surface area contributed by atoms with Gasteiger partial charge in [-0.05, 0) is 12.1 Å². The smallest absolute Gasteiger partial charge is 0.266 e. The first-order valence-corrected chi connectivity index (χ1v) is 2.40. The molecule has 4 nitrogen and oxygen atoms in total. The SMILES string of the molecule is [O]C(=O)Nn1cccc1. The van der Waals surface area contributed by atoms with Crippen LogP contribution in [0, 0.1) is 0 Å². The zero-order valence-corrected chi connectivity index (χ0v) is 4.57. The van der Waals surface area contributed by atoms with Gasteiger partial charge in [-0.1, -0.05) is 0 Å². The molecule has 9 heavy (non-hydrogen) atoms. The van der Waals surface area contributed by atoms with Gasteiger partial charge in [0.15, 0.2) is 0 Å². The van der Waals surface area contributed by atoms with Gasteiger partial charge in [-0.3, -0.25) is 4.68 Å². The van der Waals surface area contributed by atoms with Crippen LogP contribution in [0.4, 0.5) is 4.79 Å². The number of carbonyl (C=O) groups is 1. The Balaban J connectivity index is 2.58. The highest BCUT2D eigenvalue weighted by Crippen LogP contribution is 1.83. The minimum atomic E-state index is -1.31. The number of hydrogen-bond acceptors (Lipinski definition) is 1. The van der Waals surface area contributed by atoms with Crippen molar-refractivity contribution in [3.05, 3.63) is 24.5 Å². The summed E-state index contributed by atoms with van der Waals surface area (Å²) in [6, 6.07) is 3.41. The summed E-state index contributed by atoms with van der Waals surface area (Å²) in [5, 5.41) is 9.82. The lowest BCUT2D eigenvalue weighted by molar-refractivity contribution is 0.181. The van der Waals surface area contributed by atoms with Crippen molar-refractivity contribution >= 4 is 6.09 Å². The van der Waals surface area contributed by atoms with E-state index >= 15 is 0 Å². The Bertz CT molecular complexity index is 193. The zero-order chi connectivity index (χ0) is 6.69. The van der Waals surface area contributed by atoms with E-state index in [0.29, 0.717) is 0 Å². The maximum absolute atomic E-state index is 9.82. The molecule has 0 spiro atoms. The summed E-state index contributed by atoms with van der Waals surface area (Å²) < 4.78 is 1.29. The van der Waals surface area contributed by atoms with Crippen molar-refractivity contribution in [2.75, 3.05) is 5.43 Å². The first-order chi connectivity index (χ1) is 4.29. The second-order valence-electron chi connectivity index (χ2n) is 1.49. The fourth-order valence-corrected chi connectivity index (χ4v) is 0.514. The highest BCUT2D eigenvalue weighted by atomic mass is 16.4. The Labute approximate surface area is 51.7 Å². The molecule has 0 bridgehead atoms. The van der Waals surface area contributed by atoms with E-state index < -0.39 is 6.09 Å². The maximum atomic E-state index is 9.82. The Kier molecular flexibility index (Phi) is 1.40. The van der Waals surface area contributed by atoms with E-state index in [4.69, 9.17) is 0 Å². The van der Waals surface area contributed by atoms with E-state index in [1.165, 1.54) is 4.68 Å². The van der Waals surface area contributed by atoms with Gasteiger partial charge < -0.3 is 0 Å². The summed E-state index contributed by atoms with van der Waals surface area (Å²) in [4.78, 5) is 9.82. The summed E-state index contributed by atoms with van der Waals surface area (Å²) in [6.07, 6.45) is 1.82. The first-order valence-electron chi connectivity index (χ1n) is 2.40. The van der Waals surface area contributed by atoms with Gasteiger partial charge >= 0.3 is 6.09 Å². The van der Waals surface area contributed by atoms with Crippen molar-refractivity contribution in [1.29, 1.82) is 0 Å². The average Bonchev–Trinajstić information content (AvgIpc) is 2.15. The van der Waals surface area contributed by atoms with Gasteiger partial charge in [-0.2, -0.15) is 0 Å². The fourth-order valence-electron chi connectivity index (χ4n) is 0.514. The molecule has 1 aromatic heterocycles. The molecule has 0 fully saturated rings. The number of nitrogens with zero attached hydrogens (tertiary/aromatic N) is 1. The third-order valence-corrected chi connectivity index (χ3v) is 0.825. The van der Waals surface area contributed by atoms with Gasteiger partial charge in [0, 0.05) is 12.4 Å². The van der Waals surface area contributed by atoms with Crippen LogP contribution in [0.2, 0.25) is 0 Å². The van der Waals surface area contributed by atoms with Crippen LogP contribution in [-0.4, -0.2) is 10.8 Å². The average molecular weight is 125 g/mol. The highest BCUT2D eigenvalue weighted by molar-refractivity contribution is 5.72. The summed E-state index contributed by atoms with van der Waals surface area (Å²) in [5.41, 5.74) is 2.01. The molecule has 1 rings (SSSR count). The number of amides is 1. The molecule has 1 heterocycles. The van der Waals surface area contributed by atoms with E-state index in [9.17, 15) is 9.90 Å². The van der Waals surface area contributed by atoms with Gasteiger partial charge in [-0.25, -0.2) is 15.3 Å². The van der Waals surface area contributed by atoms with E-state index in [0.717, 1.165) is 0 Å². The molecule has 0 saturated heterocycles. The highest BCUT2D eigenvalue weighted by Gasteiger charge is 1.93. The Morgan fingerprint density at radius 1 is 1.33 bits per heavy atom. The second kappa shape index (κ2) is 2.21. The van der Waals surface area contributed by atoms with E-state index in [1.807, 2.05) is 5.43 Å². The summed E-state index contributed by atoms with van der Waals surface area (Å²) in [6.45, 7) is 0. The van der Waals surface area contributed by atoms with Crippen LogP contribution >= 0.6 is 0 Å². The molecular formula is C5H5N2O2. The normalized spacial score (nSPS) is 8.89. The molecule has 1 aromatic rings. The summed E-state index contributed by atoms with van der Waals surface area (Å²) >= 11 is 0. The first kappa shape index (κ1) is 5.68. The number of rotatable bonds is 1. The molecule has 0 aliphatic heterocycles. The van der Waals surface area contributed by atoms with Gasteiger partial charge in [-0.15, -0.1) is 0 Å². The number of nitrogens with one attached hydrogen (secondary N) is 1. The lowest BCUT2D eigenvalue weighted by Gasteiger charge is -1.95. The molecule has 0 aliphatic rings. The predicted octanol–water partition coefficient (Wildman–Crippen LogP) is 0.582. The molecule has 47 valence electrons. The number of carbonyl (C=O) groups excluding carboxylic acids is 1. The molecule has 0 unspecified atom stereocenters.